The summed E-state index contributed by atoms with van der Waals surface area (Å²) in [7, 11) is 0. The van der Waals surface area contributed by atoms with Gasteiger partial charge in [-0.25, -0.2) is 9.97 Å². The molecule has 5 rings (SSSR count). The van der Waals surface area contributed by atoms with Gasteiger partial charge in [0, 0.05) is 37.8 Å². The Bertz CT molecular complexity index is 1240. The van der Waals surface area contributed by atoms with Crippen LogP contribution in [0.25, 0.3) is 5.65 Å². The summed E-state index contributed by atoms with van der Waals surface area (Å²) >= 11 is 1.18. The Morgan fingerprint density at radius 1 is 1.27 bits per heavy atom. The highest BCUT2D eigenvalue weighted by Crippen LogP contribution is 2.26. The van der Waals surface area contributed by atoms with E-state index in [0.717, 1.165) is 24.1 Å². The first-order valence-electron chi connectivity index (χ1n) is 10.6. The Hall–Kier alpha value is -3.57. The smallest absolute Gasteiger partial charge is 0.263 e. The van der Waals surface area contributed by atoms with E-state index >= 15 is 0 Å². The van der Waals surface area contributed by atoms with Crippen molar-refractivity contribution in [2.75, 3.05) is 18.1 Å². The molecule has 1 saturated heterocycles. The lowest BCUT2D eigenvalue weighted by atomic mass is 10.2. The Morgan fingerprint density at radius 3 is 3.03 bits per heavy atom. The normalized spacial score (nSPS) is 15.7. The van der Waals surface area contributed by atoms with Gasteiger partial charge in [-0.1, -0.05) is 16.5 Å². The quantitative estimate of drug-likeness (QED) is 0.424. The number of nitrogens with one attached hydrogen (secondary N) is 1. The second-order valence-corrected chi connectivity index (χ2v) is 8.73. The van der Waals surface area contributed by atoms with Crippen LogP contribution in [0, 0.1) is 0 Å². The maximum Gasteiger partial charge on any atom is 0.263 e. The van der Waals surface area contributed by atoms with Crippen LogP contribution in [-0.4, -0.2) is 50.6 Å². The van der Waals surface area contributed by atoms with E-state index in [9.17, 15) is 9.59 Å². The van der Waals surface area contributed by atoms with Crippen molar-refractivity contribution in [1.29, 1.82) is 0 Å². The lowest BCUT2D eigenvalue weighted by Crippen LogP contribution is -2.38. The summed E-state index contributed by atoms with van der Waals surface area (Å²) in [6.45, 7) is 1.43. The predicted molar refractivity (Wildman–Crippen MR) is 120 cm³/mol. The number of nitrogens with zero attached hydrogens (tertiary/aromatic N) is 5. The summed E-state index contributed by atoms with van der Waals surface area (Å²) in [5.41, 5.74) is 2.30. The molecule has 1 N–H and O–H groups in total. The Morgan fingerprint density at radius 2 is 2.21 bits per heavy atom. The molecule has 1 aliphatic rings. The minimum Gasteiger partial charge on any atom is -0.376 e. The van der Waals surface area contributed by atoms with Crippen LogP contribution in [0.5, 0.6) is 0 Å². The van der Waals surface area contributed by atoms with Gasteiger partial charge in [-0.15, -0.1) is 0 Å². The summed E-state index contributed by atoms with van der Waals surface area (Å²) in [5, 5.41) is 7.19. The van der Waals surface area contributed by atoms with Gasteiger partial charge in [0.2, 0.25) is 5.91 Å². The van der Waals surface area contributed by atoms with Crippen LogP contribution in [0.1, 0.15) is 33.8 Å². The number of imidazole rings is 1. The van der Waals surface area contributed by atoms with Crippen LogP contribution in [0.2, 0.25) is 0 Å². The highest BCUT2D eigenvalue weighted by Gasteiger charge is 2.27. The minimum atomic E-state index is -0.247. The lowest BCUT2D eigenvalue weighted by Gasteiger charge is -2.22. The third-order valence-corrected chi connectivity index (χ3v) is 6.42. The number of thiazole rings is 1. The van der Waals surface area contributed by atoms with Gasteiger partial charge < -0.3 is 19.0 Å². The Kier molecular flexibility index (Phi) is 6.13. The molecule has 4 aromatic heterocycles. The SMILES string of the molecule is O=C(NCc1ccn2ccnc2c1)c1cnc(N(C[C@H]2CCCO2)C(=O)Cc2ccon2)s1. The molecule has 10 nitrogen and oxygen atoms in total. The van der Waals surface area contributed by atoms with Crippen LogP contribution in [-0.2, 0) is 22.5 Å². The fourth-order valence-corrected chi connectivity index (χ4v) is 4.54. The number of ether oxygens (including phenoxy) is 1. The first-order valence-corrected chi connectivity index (χ1v) is 11.4. The lowest BCUT2D eigenvalue weighted by molar-refractivity contribution is -0.118. The topological polar surface area (TPSA) is 115 Å². The zero-order chi connectivity index (χ0) is 22.6. The molecular weight excluding hydrogens is 444 g/mol. The fraction of sp³-hybridized carbons (Fsp3) is 0.318. The Labute approximate surface area is 193 Å². The van der Waals surface area contributed by atoms with Crippen molar-refractivity contribution in [3.05, 3.63) is 65.4 Å². The molecule has 1 fully saturated rings. The van der Waals surface area contributed by atoms with E-state index in [4.69, 9.17) is 9.26 Å². The number of aromatic nitrogens is 4. The minimum absolute atomic E-state index is 0.0509. The summed E-state index contributed by atoms with van der Waals surface area (Å²) in [6.07, 6.45) is 10.3. The number of carbonyl (C=O) groups excluding carboxylic acids is 2. The van der Waals surface area contributed by atoms with E-state index < -0.39 is 0 Å². The van der Waals surface area contributed by atoms with Crippen LogP contribution < -0.4 is 10.2 Å². The number of hydrogen-bond donors (Lipinski definition) is 1. The summed E-state index contributed by atoms with van der Waals surface area (Å²) in [6, 6.07) is 5.51. The van der Waals surface area contributed by atoms with Gasteiger partial charge in [0.25, 0.3) is 5.91 Å². The number of amides is 2. The predicted octanol–water partition coefficient (Wildman–Crippen LogP) is 2.46. The van der Waals surface area contributed by atoms with Gasteiger partial charge in [0.05, 0.1) is 31.0 Å². The van der Waals surface area contributed by atoms with Gasteiger partial charge in [-0.2, -0.15) is 0 Å². The molecule has 0 saturated carbocycles. The van der Waals surface area contributed by atoms with Crippen molar-refractivity contribution in [2.24, 2.45) is 0 Å². The van der Waals surface area contributed by atoms with Crippen LogP contribution in [0.15, 0.2) is 53.8 Å². The number of hydrogen-bond acceptors (Lipinski definition) is 8. The second-order valence-electron chi connectivity index (χ2n) is 7.72. The summed E-state index contributed by atoms with van der Waals surface area (Å²) in [4.78, 5) is 36.4. The number of anilines is 1. The molecule has 0 spiro atoms. The first kappa shape index (κ1) is 21.3. The zero-order valence-electron chi connectivity index (χ0n) is 17.7. The molecule has 0 aromatic carbocycles. The number of pyridine rings is 1. The fourth-order valence-electron chi connectivity index (χ4n) is 3.68. The maximum absolute atomic E-state index is 13.0. The highest BCUT2D eigenvalue weighted by atomic mass is 32.1. The van der Waals surface area contributed by atoms with Gasteiger partial charge in [-0.05, 0) is 30.5 Å². The molecule has 170 valence electrons. The van der Waals surface area contributed by atoms with Crippen molar-refractivity contribution in [3.8, 4) is 0 Å². The van der Waals surface area contributed by atoms with E-state index in [1.165, 1.54) is 23.8 Å². The molecule has 0 unspecified atom stereocenters. The largest absolute Gasteiger partial charge is 0.376 e. The summed E-state index contributed by atoms with van der Waals surface area (Å²) < 4.78 is 12.5. The molecule has 1 aliphatic heterocycles. The van der Waals surface area contributed by atoms with E-state index in [-0.39, 0.29) is 24.3 Å². The first-order chi connectivity index (χ1) is 16.2. The van der Waals surface area contributed by atoms with Crippen molar-refractivity contribution in [3.63, 3.8) is 0 Å². The third-order valence-electron chi connectivity index (χ3n) is 5.40. The number of carbonyl (C=O) groups is 2. The van der Waals surface area contributed by atoms with Gasteiger partial charge >= 0.3 is 0 Å². The maximum atomic E-state index is 13.0. The van der Waals surface area contributed by atoms with Crippen molar-refractivity contribution in [2.45, 2.75) is 31.9 Å². The highest BCUT2D eigenvalue weighted by molar-refractivity contribution is 7.17. The molecule has 0 aliphatic carbocycles. The monoisotopic (exact) mass is 466 g/mol. The average Bonchev–Trinajstić information content (AvgIpc) is 3.62. The summed E-state index contributed by atoms with van der Waals surface area (Å²) in [5.74, 6) is -0.420. The molecule has 1 atom stereocenters. The average molecular weight is 467 g/mol. The molecule has 0 bridgehead atoms. The third kappa shape index (κ3) is 4.94. The van der Waals surface area contributed by atoms with E-state index in [1.54, 1.807) is 17.2 Å². The Balaban J connectivity index is 1.27. The number of rotatable bonds is 8. The molecule has 5 heterocycles. The van der Waals surface area contributed by atoms with Gasteiger partial charge in [0.1, 0.15) is 16.8 Å². The molecule has 33 heavy (non-hydrogen) atoms. The molecule has 0 radical (unpaired) electrons. The van der Waals surface area contributed by atoms with Crippen molar-refractivity contribution < 1.29 is 18.8 Å². The zero-order valence-corrected chi connectivity index (χ0v) is 18.5. The van der Waals surface area contributed by atoms with E-state index in [1.807, 2.05) is 28.9 Å². The van der Waals surface area contributed by atoms with Gasteiger partial charge in [0.15, 0.2) is 5.13 Å². The van der Waals surface area contributed by atoms with Crippen LogP contribution in [0.3, 0.4) is 0 Å². The van der Waals surface area contributed by atoms with Crippen LogP contribution >= 0.6 is 11.3 Å². The molecule has 11 heteroatoms. The van der Waals surface area contributed by atoms with E-state index in [0.29, 0.717) is 35.4 Å². The van der Waals surface area contributed by atoms with E-state index in [2.05, 4.69) is 20.4 Å². The van der Waals surface area contributed by atoms with Crippen molar-refractivity contribution >= 4 is 33.9 Å². The number of fused-ring (bicyclic) bond motifs is 1. The van der Waals surface area contributed by atoms with Crippen LogP contribution in [0.4, 0.5) is 5.13 Å². The van der Waals surface area contributed by atoms with Crippen molar-refractivity contribution in [1.82, 2.24) is 24.8 Å². The molecular formula is C22H22N6O4S. The van der Waals surface area contributed by atoms with Gasteiger partial charge in [-0.3, -0.25) is 14.5 Å². The second kappa shape index (κ2) is 9.51. The molecule has 2 amide bonds. The molecule has 4 aromatic rings. The standard InChI is InChI=1S/C22H22N6O4S/c29-20(11-16-4-9-32-26-16)28(14-17-2-1-8-31-17)22-25-13-18(33-22)21(30)24-12-15-3-6-27-7-5-23-19(27)10-15/h3-7,9-10,13,17H,1-2,8,11-12,14H2,(H,24,30)/t17-/m1/s1.